The molecule has 2 aromatic rings. The molecular formula is C14H18N4O3. The zero-order valence-corrected chi connectivity index (χ0v) is 11.8. The van der Waals surface area contributed by atoms with Crippen molar-refractivity contribution in [2.45, 2.75) is 13.0 Å². The zero-order valence-electron chi connectivity index (χ0n) is 11.8. The highest BCUT2D eigenvalue weighted by Gasteiger charge is 2.09. The fraction of sp³-hybridized carbons (Fsp3) is 0.357. The Morgan fingerprint density at radius 2 is 2.33 bits per heavy atom. The molecule has 0 aliphatic carbocycles. The van der Waals surface area contributed by atoms with E-state index in [1.54, 1.807) is 37.8 Å². The molecule has 0 aliphatic rings. The number of methoxy groups -OCH3 is 1. The predicted molar refractivity (Wildman–Crippen MR) is 76.9 cm³/mol. The number of hydrogen-bond donors (Lipinski definition) is 2. The van der Waals surface area contributed by atoms with Crippen LogP contribution in [-0.4, -0.2) is 36.1 Å². The normalized spacial score (nSPS) is 10.3. The molecule has 0 spiro atoms. The smallest absolute Gasteiger partial charge is 0.270 e. The number of aromatic nitrogens is 2. The van der Waals surface area contributed by atoms with Gasteiger partial charge in [-0.05, 0) is 24.6 Å². The molecule has 2 heterocycles. The van der Waals surface area contributed by atoms with Gasteiger partial charge in [0.2, 0.25) is 5.95 Å². The van der Waals surface area contributed by atoms with Gasteiger partial charge in [-0.3, -0.25) is 4.79 Å². The first-order valence-electron chi connectivity index (χ1n) is 6.66. The third-order valence-electron chi connectivity index (χ3n) is 2.70. The number of carbonyl (C=O) groups is 1. The van der Waals surface area contributed by atoms with Crippen LogP contribution in [0.25, 0.3) is 0 Å². The minimum Gasteiger partial charge on any atom is -0.467 e. The number of amides is 1. The Morgan fingerprint density at radius 1 is 1.43 bits per heavy atom. The average Bonchev–Trinajstić information content (AvgIpc) is 3.03. The van der Waals surface area contributed by atoms with Gasteiger partial charge in [0.25, 0.3) is 5.91 Å². The fourth-order valence-corrected chi connectivity index (χ4v) is 1.66. The zero-order chi connectivity index (χ0) is 14.9. The van der Waals surface area contributed by atoms with Crippen molar-refractivity contribution in [2.24, 2.45) is 0 Å². The number of carbonyl (C=O) groups excluding carboxylic acids is 1. The van der Waals surface area contributed by atoms with Crippen LogP contribution in [0.1, 0.15) is 22.7 Å². The van der Waals surface area contributed by atoms with Gasteiger partial charge in [-0.2, -0.15) is 0 Å². The van der Waals surface area contributed by atoms with Crippen LogP contribution < -0.4 is 10.6 Å². The van der Waals surface area contributed by atoms with Crippen LogP contribution in [0.2, 0.25) is 0 Å². The van der Waals surface area contributed by atoms with Crippen LogP contribution in [0.4, 0.5) is 5.95 Å². The molecular weight excluding hydrogens is 272 g/mol. The molecule has 0 aromatic carbocycles. The van der Waals surface area contributed by atoms with E-state index >= 15 is 0 Å². The van der Waals surface area contributed by atoms with Crippen molar-refractivity contribution in [3.8, 4) is 0 Å². The quantitative estimate of drug-likeness (QED) is 0.715. The second-order valence-corrected chi connectivity index (χ2v) is 4.30. The van der Waals surface area contributed by atoms with Crippen molar-refractivity contribution in [3.05, 3.63) is 42.1 Å². The highest BCUT2D eigenvalue weighted by molar-refractivity contribution is 5.92. The van der Waals surface area contributed by atoms with Crippen molar-refractivity contribution >= 4 is 11.9 Å². The Hall–Kier alpha value is -2.41. The highest BCUT2D eigenvalue weighted by atomic mass is 16.5. The van der Waals surface area contributed by atoms with Crippen molar-refractivity contribution in [3.63, 3.8) is 0 Å². The minimum atomic E-state index is -0.270. The molecule has 0 fully saturated rings. The molecule has 0 aliphatic heterocycles. The van der Waals surface area contributed by atoms with Gasteiger partial charge in [0.05, 0.1) is 12.8 Å². The Morgan fingerprint density at radius 3 is 3.10 bits per heavy atom. The fourth-order valence-electron chi connectivity index (χ4n) is 1.66. The van der Waals surface area contributed by atoms with Crippen LogP contribution in [0.15, 0.2) is 35.1 Å². The maximum absolute atomic E-state index is 12.0. The lowest BCUT2D eigenvalue weighted by Crippen LogP contribution is -2.24. The average molecular weight is 290 g/mol. The first-order valence-corrected chi connectivity index (χ1v) is 6.66. The van der Waals surface area contributed by atoms with Crippen LogP contribution >= 0.6 is 0 Å². The first kappa shape index (κ1) is 15.0. The maximum Gasteiger partial charge on any atom is 0.270 e. The molecule has 0 radical (unpaired) electrons. The minimum absolute atomic E-state index is 0.270. The predicted octanol–water partition coefficient (Wildman–Crippen LogP) is 1.45. The second-order valence-electron chi connectivity index (χ2n) is 4.30. The molecule has 2 rings (SSSR count). The lowest BCUT2D eigenvalue weighted by molar-refractivity contribution is 0.0943. The van der Waals surface area contributed by atoms with Gasteiger partial charge in [-0.1, -0.05) is 0 Å². The summed E-state index contributed by atoms with van der Waals surface area (Å²) in [5.74, 6) is 0.848. The molecule has 0 atom stereocenters. The Labute approximate surface area is 122 Å². The molecule has 2 N–H and O–H groups in total. The topological polar surface area (TPSA) is 89.3 Å². The highest BCUT2D eigenvalue weighted by Crippen LogP contribution is 2.03. The number of rotatable bonds is 8. The van der Waals surface area contributed by atoms with Gasteiger partial charge in [0, 0.05) is 26.5 Å². The number of nitrogens with zero attached hydrogens (tertiary/aromatic N) is 2. The van der Waals surface area contributed by atoms with E-state index in [-0.39, 0.29) is 5.91 Å². The third kappa shape index (κ3) is 4.88. The summed E-state index contributed by atoms with van der Waals surface area (Å²) in [4.78, 5) is 20.2. The molecule has 0 saturated heterocycles. The van der Waals surface area contributed by atoms with E-state index in [0.29, 0.717) is 37.1 Å². The van der Waals surface area contributed by atoms with Crippen molar-refractivity contribution in [1.29, 1.82) is 0 Å². The van der Waals surface area contributed by atoms with Gasteiger partial charge in [0.1, 0.15) is 11.5 Å². The van der Waals surface area contributed by atoms with Crippen molar-refractivity contribution in [2.75, 3.05) is 25.6 Å². The number of ether oxygens (including phenoxy) is 1. The van der Waals surface area contributed by atoms with E-state index in [4.69, 9.17) is 9.15 Å². The van der Waals surface area contributed by atoms with Crippen molar-refractivity contribution in [1.82, 2.24) is 15.3 Å². The van der Waals surface area contributed by atoms with Crippen LogP contribution in [-0.2, 0) is 11.3 Å². The van der Waals surface area contributed by atoms with E-state index < -0.39 is 0 Å². The lowest BCUT2D eigenvalue weighted by Gasteiger charge is -2.06. The van der Waals surface area contributed by atoms with Crippen LogP contribution in [0.3, 0.4) is 0 Å². The Bertz CT molecular complexity index is 557. The molecule has 7 nitrogen and oxygen atoms in total. The molecule has 0 saturated carbocycles. The molecule has 21 heavy (non-hydrogen) atoms. The van der Waals surface area contributed by atoms with Gasteiger partial charge in [-0.25, -0.2) is 9.97 Å². The molecule has 1 amide bonds. The molecule has 0 unspecified atom stereocenters. The summed E-state index contributed by atoms with van der Waals surface area (Å²) in [5.41, 5.74) is 0.311. The molecule has 2 aromatic heterocycles. The van der Waals surface area contributed by atoms with Gasteiger partial charge < -0.3 is 19.8 Å². The largest absolute Gasteiger partial charge is 0.467 e. The van der Waals surface area contributed by atoms with E-state index in [0.717, 1.165) is 6.42 Å². The Kier molecular flexibility index (Phi) is 5.71. The first-order chi connectivity index (χ1) is 10.3. The van der Waals surface area contributed by atoms with Crippen LogP contribution in [0.5, 0.6) is 0 Å². The standard InChI is InChI=1S/C14H18N4O3/c1-20-8-3-6-15-14-16-7-5-12(18-14)13(19)17-10-11-4-2-9-21-11/h2,4-5,7,9H,3,6,8,10H2,1H3,(H,17,19)(H,15,16,18). The summed E-state index contributed by atoms with van der Waals surface area (Å²) in [5, 5.41) is 5.78. The Balaban J connectivity index is 1.85. The maximum atomic E-state index is 12.0. The van der Waals surface area contributed by atoms with Gasteiger partial charge in [-0.15, -0.1) is 0 Å². The summed E-state index contributed by atoms with van der Waals surface area (Å²) < 4.78 is 10.1. The second kappa shape index (κ2) is 8.01. The summed E-state index contributed by atoms with van der Waals surface area (Å²) >= 11 is 0. The SMILES string of the molecule is COCCCNc1nccc(C(=O)NCc2ccco2)n1. The molecule has 0 bridgehead atoms. The van der Waals surface area contributed by atoms with E-state index in [1.165, 1.54) is 0 Å². The number of anilines is 1. The number of hydrogen-bond acceptors (Lipinski definition) is 6. The van der Waals surface area contributed by atoms with E-state index in [1.807, 2.05) is 0 Å². The van der Waals surface area contributed by atoms with Gasteiger partial charge >= 0.3 is 0 Å². The summed E-state index contributed by atoms with van der Waals surface area (Å²) in [7, 11) is 1.65. The van der Waals surface area contributed by atoms with E-state index in [9.17, 15) is 4.79 Å². The lowest BCUT2D eigenvalue weighted by atomic mass is 10.3. The summed E-state index contributed by atoms with van der Waals surface area (Å²) in [6.07, 6.45) is 3.95. The number of nitrogens with one attached hydrogen (secondary N) is 2. The summed E-state index contributed by atoms with van der Waals surface area (Å²) in [6.45, 7) is 1.67. The van der Waals surface area contributed by atoms with Gasteiger partial charge in [0.15, 0.2) is 0 Å². The number of furan rings is 1. The third-order valence-corrected chi connectivity index (χ3v) is 2.70. The molecule has 112 valence electrons. The summed E-state index contributed by atoms with van der Waals surface area (Å²) in [6, 6.07) is 5.13. The monoisotopic (exact) mass is 290 g/mol. The van der Waals surface area contributed by atoms with Crippen molar-refractivity contribution < 1.29 is 13.9 Å². The van der Waals surface area contributed by atoms with E-state index in [2.05, 4.69) is 20.6 Å². The molecule has 7 heteroatoms. The van der Waals surface area contributed by atoms with Crippen LogP contribution in [0, 0.1) is 0 Å².